The van der Waals surface area contributed by atoms with Gasteiger partial charge in [-0.25, -0.2) is 0 Å². The Morgan fingerprint density at radius 2 is 1.92 bits per heavy atom. The summed E-state index contributed by atoms with van der Waals surface area (Å²) in [7, 11) is 0. The van der Waals surface area contributed by atoms with E-state index in [9.17, 15) is 18.4 Å². The molecule has 0 aromatic carbocycles. The second-order valence-electron chi connectivity index (χ2n) is 11.1. The number of carbonyl (C=O) groups is 2. The van der Waals surface area contributed by atoms with Crippen LogP contribution in [0.15, 0.2) is 0 Å². The molecule has 37 heavy (non-hydrogen) atoms. The number of ether oxygens (including phenoxy) is 2. The number of nitrogens with zero attached hydrogens (tertiary/aromatic N) is 1. The van der Waals surface area contributed by atoms with Gasteiger partial charge in [-0.15, -0.1) is 0 Å². The molecule has 2 saturated heterocycles. The molecule has 4 rings (SSSR count). The van der Waals surface area contributed by atoms with E-state index in [1.54, 1.807) is 0 Å². The van der Waals surface area contributed by atoms with Crippen LogP contribution in [0.1, 0.15) is 51.9 Å². The molecular weight excluding hydrogens is 486 g/mol. The summed E-state index contributed by atoms with van der Waals surface area (Å²) < 4.78 is 35.0. The molecule has 2 heterocycles. The Hall–Kier alpha value is -1.44. The van der Waals surface area contributed by atoms with Gasteiger partial charge in [-0.2, -0.15) is 8.78 Å². The summed E-state index contributed by atoms with van der Waals surface area (Å²) in [4.78, 5) is 25.9. The van der Waals surface area contributed by atoms with Gasteiger partial charge in [0.1, 0.15) is 6.61 Å². The Balaban J connectivity index is 1.20. The van der Waals surface area contributed by atoms with Crippen molar-refractivity contribution in [2.24, 2.45) is 23.5 Å². The predicted molar refractivity (Wildman–Crippen MR) is 133 cm³/mol. The quantitative estimate of drug-likeness (QED) is 0.242. The number of rotatable bonds is 11. The summed E-state index contributed by atoms with van der Waals surface area (Å²) in [5, 5.41) is 14.1. The van der Waals surface area contributed by atoms with Crippen molar-refractivity contribution >= 4 is 11.8 Å². The highest BCUT2D eigenvalue weighted by atomic mass is 19.3. The van der Waals surface area contributed by atoms with Crippen LogP contribution < -0.4 is 27.0 Å². The maximum Gasteiger partial charge on any atom is 0.345 e. The molecule has 4 aliphatic rings. The first kappa shape index (κ1) is 28.6. The standard InChI is InChI=1S/C25H44F2N6O4/c1-15-12-17(4-7-19(15)24(35)30-9-11-36-14-21(28)34)32-22-23-31-13-20(33(23)10-8-29-22)16-2-5-18(6-3-16)37-25(26)27/h15-20,22-23,25,29,31-32H,2-14H2,1H3,(H2,28,34)(H,30,35). The minimum Gasteiger partial charge on any atom is -0.370 e. The van der Waals surface area contributed by atoms with Crippen molar-refractivity contribution in [1.29, 1.82) is 0 Å². The fraction of sp³-hybridized carbons (Fsp3) is 0.920. The molecule has 2 saturated carbocycles. The zero-order chi connectivity index (χ0) is 26.4. The van der Waals surface area contributed by atoms with E-state index < -0.39 is 12.5 Å². The lowest BCUT2D eigenvalue weighted by atomic mass is 9.77. The van der Waals surface area contributed by atoms with Crippen LogP contribution in [0.2, 0.25) is 0 Å². The molecule has 6 unspecified atom stereocenters. The molecule has 6 N–H and O–H groups in total. The van der Waals surface area contributed by atoms with Gasteiger partial charge in [-0.3, -0.25) is 30.4 Å². The number of amides is 2. The normalized spacial score (nSPS) is 36.9. The zero-order valence-electron chi connectivity index (χ0n) is 21.8. The molecule has 212 valence electrons. The van der Waals surface area contributed by atoms with Crippen molar-refractivity contribution < 1.29 is 27.8 Å². The molecule has 2 aliphatic heterocycles. The van der Waals surface area contributed by atoms with E-state index in [1.165, 1.54) is 0 Å². The lowest BCUT2D eigenvalue weighted by Crippen LogP contribution is -2.67. The SMILES string of the molecule is CC1CC(NC2NCCN3C(C4CCC(OC(F)F)CC4)CNC23)CCC1C(=O)NCCOCC(N)=O. The maximum atomic E-state index is 12.7. The number of hydrogen-bond acceptors (Lipinski definition) is 8. The second kappa shape index (κ2) is 13.6. The van der Waals surface area contributed by atoms with Crippen LogP contribution in [0, 0.1) is 17.8 Å². The van der Waals surface area contributed by atoms with E-state index >= 15 is 0 Å². The number of fused-ring (bicyclic) bond motifs is 1. The first-order valence-electron chi connectivity index (χ1n) is 13.9. The highest BCUT2D eigenvalue weighted by Crippen LogP contribution is 2.35. The van der Waals surface area contributed by atoms with Gasteiger partial charge in [0.15, 0.2) is 0 Å². The van der Waals surface area contributed by atoms with Gasteiger partial charge in [-0.1, -0.05) is 6.92 Å². The van der Waals surface area contributed by atoms with Crippen molar-refractivity contribution in [2.75, 3.05) is 39.4 Å². The molecule has 0 aromatic heterocycles. The minimum absolute atomic E-state index is 0.0248. The fourth-order valence-electron chi connectivity index (χ4n) is 6.84. The number of alkyl halides is 2. The number of halogens is 2. The Labute approximate surface area is 218 Å². The van der Waals surface area contributed by atoms with Crippen molar-refractivity contribution in [3.05, 3.63) is 0 Å². The smallest absolute Gasteiger partial charge is 0.345 e. The third-order valence-corrected chi connectivity index (χ3v) is 8.64. The van der Waals surface area contributed by atoms with E-state index in [0.717, 1.165) is 51.7 Å². The summed E-state index contributed by atoms with van der Waals surface area (Å²) in [6.07, 6.45) is 5.98. The molecule has 10 nitrogen and oxygen atoms in total. The van der Waals surface area contributed by atoms with Crippen LogP contribution in [0.5, 0.6) is 0 Å². The molecule has 12 heteroatoms. The highest BCUT2D eigenvalue weighted by molar-refractivity contribution is 5.79. The van der Waals surface area contributed by atoms with E-state index in [4.69, 9.17) is 15.2 Å². The van der Waals surface area contributed by atoms with E-state index in [-0.39, 0.29) is 49.4 Å². The largest absolute Gasteiger partial charge is 0.370 e. The highest BCUT2D eigenvalue weighted by Gasteiger charge is 2.45. The Morgan fingerprint density at radius 1 is 1.14 bits per heavy atom. The van der Waals surface area contributed by atoms with Crippen LogP contribution >= 0.6 is 0 Å². The number of nitrogens with two attached hydrogens (primary N) is 1. The van der Waals surface area contributed by atoms with Crippen molar-refractivity contribution in [3.63, 3.8) is 0 Å². The number of nitrogens with one attached hydrogen (secondary N) is 4. The molecule has 0 bridgehead atoms. The van der Waals surface area contributed by atoms with Crippen LogP contribution in [0.4, 0.5) is 8.78 Å². The van der Waals surface area contributed by atoms with Gasteiger partial charge < -0.3 is 20.5 Å². The minimum atomic E-state index is -2.68. The zero-order valence-corrected chi connectivity index (χ0v) is 21.8. The number of carbonyl (C=O) groups excluding carboxylic acids is 2. The maximum absolute atomic E-state index is 12.7. The Bertz CT molecular complexity index is 757. The van der Waals surface area contributed by atoms with Crippen LogP contribution in [-0.4, -0.2) is 93.2 Å². The van der Waals surface area contributed by atoms with Gasteiger partial charge in [-0.05, 0) is 56.8 Å². The average Bonchev–Trinajstić information content (AvgIpc) is 3.29. The van der Waals surface area contributed by atoms with Crippen molar-refractivity contribution in [1.82, 2.24) is 26.2 Å². The van der Waals surface area contributed by atoms with Gasteiger partial charge in [0.2, 0.25) is 11.8 Å². The van der Waals surface area contributed by atoms with Crippen LogP contribution in [0.3, 0.4) is 0 Å². The third kappa shape index (κ3) is 7.79. The van der Waals surface area contributed by atoms with Gasteiger partial charge in [0.05, 0.1) is 25.0 Å². The Morgan fingerprint density at radius 3 is 2.62 bits per heavy atom. The van der Waals surface area contributed by atoms with Gasteiger partial charge >= 0.3 is 6.61 Å². The third-order valence-electron chi connectivity index (χ3n) is 8.64. The van der Waals surface area contributed by atoms with Crippen molar-refractivity contribution in [3.8, 4) is 0 Å². The molecular formula is C25H44F2N6O4. The number of primary amides is 1. The molecule has 0 radical (unpaired) electrons. The number of piperazine rings is 1. The lowest BCUT2D eigenvalue weighted by molar-refractivity contribution is -0.172. The van der Waals surface area contributed by atoms with E-state index in [0.29, 0.717) is 37.4 Å². The first-order chi connectivity index (χ1) is 17.8. The summed E-state index contributed by atoms with van der Waals surface area (Å²) in [5.41, 5.74) is 5.04. The molecule has 2 amide bonds. The molecule has 0 spiro atoms. The summed E-state index contributed by atoms with van der Waals surface area (Å²) >= 11 is 0. The monoisotopic (exact) mass is 530 g/mol. The van der Waals surface area contributed by atoms with E-state index in [2.05, 4.69) is 33.1 Å². The van der Waals surface area contributed by atoms with Crippen molar-refractivity contribution in [2.45, 2.75) is 89.0 Å². The second-order valence-corrected chi connectivity index (χ2v) is 11.1. The summed E-state index contributed by atoms with van der Waals surface area (Å²) in [6, 6.07) is 0.757. The fourth-order valence-corrected chi connectivity index (χ4v) is 6.84. The Kier molecular flexibility index (Phi) is 10.5. The topological polar surface area (TPSA) is 130 Å². The summed E-state index contributed by atoms with van der Waals surface area (Å²) in [6.45, 7) is 2.76. The van der Waals surface area contributed by atoms with Crippen LogP contribution in [0.25, 0.3) is 0 Å². The summed E-state index contributed by atoms with van der Waals surface area (Å²) in [5.74, 6) is 0.263. The van der Waals surface area contributed by atoms with Gasteiger partial charge in [0.25, 0.3) is 0 Å². The molecule has 0 aromatic rings. The number of hydrogen-bond donors (Lipinski definition) is 5. The molecule has 6 atom stereocenters. The van der Waals surface area contributed by atoms with Gasteiger partial charge in [0, 0.05) is 44.2 Å². The molecule has 2 aliphatic carbocycles. The lowest BCUT2D eigenvalue weighted by Gasteiger charge is -2.45. The average molecular weight is 531 g/mol. The first-order valence-corrected chi connectivity index (χ1v) is 13.9. The molecule has 4 fully saturated rings. The predicted octanol–water partition coefficient (Wildman–Crippen LogP) is 0.326. The van der Waals surface area contributed by atoms with Crippen LogP contribution in [-0.2, 0) is 19.1 Å². The van der Waals surface area contributed by atoms with E-state index in [1.807, 2.05) is 0 Å².